The van der Waals surface area contributed by atoms with E-state index in [0.717, 1.165) is 38.8 Å². The Bertz CT molecular complexity index is 1430. The fourth-order valence-electron chi connectivity index (χ4n) is 7.26. The molecular formula is C28H33ClF3N7O4. The van der Waals surface area contributed by atoms with Crippen LogP contribution in [0, 0.1) is 0 Å². The number of fused-ring (bicyclic) bond motifs is 3. The average molecular weight is 624 g/mol. The average Bonchev–Trinajstić information content (AvgIpc) is 3.70. The molecule has 43 heavy (non-hydrogen) atoms. The zero-order chi connectivity index (χ0) is 29.9. The number of alkyl halides is 3. The van der Waals surface area contributed by atoms with Gasteiger partial charge in [0.15, 0.2) is 5.75 Å². The van der Waals surface area contributed by atoms with Crippen LogP contribution in [0.15, 0.2) is 6.07 Å². The van der Waals surface area contributed by atoms with E-state index in [-0.39, 0.29) is 40.9 Å². The van der Waals surface area contributed by atoms with Gasteiger partial charge in [-0.2, -0.15) is 9.97 Å². The van der Waals surface area contributed by atoms with Crippen molar-refractivity contribution in [3.8, 4) is 11.8 Å². The molecule has 0 aliphatic carbocycles. The number of anilines is 3. The maximum absolute atomic E-state index is 14.2. The number of hydrogen-bond acceptors (Lipinski definition) is 10. The third-order valence-corrected chi connectivity index (χ3v) is 9.56. The second-order valence-electron chi connectivity index (χ2n) is 11.9. The first-order chi connectivity index (χ1) is 20.6. The van der Waals surface area contributed by atoms with Gasteiger partial charge in [0, 0.05) is 25.2 Å². The van der Waals surface area contributed by atoms with Gasteiger partial charge in [-0.1, -0.05) is 11.6 Å². The molecule has 7 rings (SSSR count). The van der Waals surface area contributed by atoms with Crippen molar-refractivity contribution in [2.75, 3.05) is 48.0 Å². The SMILES string of the molecule is O=C1c2c(nc(OCC34CCCN3CCC4)nc2N2CCCC(O)CC2)CN1c1c2c(cc(Cl)c1OC(F)(F)F)NNC2. The minimum Gasteiger partial charge on any atom is -0.461 e. The molecule has 1 amide bonds. The van der Waals surface area contributed by atoms with Crippen molar-refractivity contribution in [1.29, 1.82) is 0 Å². The van der Waals surface area contributed by atoms with E-state index >= 15 is 0 Å². The number of halogens is 4. The summed E-state index contributed by atoms with van der Waals surface area (Å²) in [5.41, 5.74) is 7.06. The lowest BCUT2D eigenvalue weighted by Gasteiger charge is -2.31. The van der Waals surface area contributed by atoms with Crippen LogP contribution in [0.2, 0.25) is 5.02 Å². The Morgan fingerprint density at radius 3 is 2.67 bits per heavy atom. The number of nitrogens with zero attached hydrogens (tertiary/aromatic N) is 5. The van der Waals surface area contributed by atoms with Gasteiger partial charge in [-0.15, -0.1) is 13.2 Å². The number of aromatic nitrogens is 2. The van der Waals surface area contributed by atoms with Gasteiger partial charge in [-0.25, -0.2) is 5.43 Å². The molecule has 232 valence electrons. The zero-order valence-electron chi connectivity index (χ0n) is 23.5. The first kappa shape index (κ1) is 28.7. The monoisotopic (exact) mass is 623 g/mol. The topological polar surface area (TPSA) is 115 Å². The van der Waals surface area contributed by atoms with Crippen LogP contribution in [-0.4, -0.2) is 76.7 Å². The molecule has 3 saturated heterocycles. The lowest BCUT2D eigenvalue weighted by Crippen LogP contribution is -2.43. The van der Waals surface area contributed by atoms with Gasteiger partial charge in [0.2, 0.25) is 0 Å². The van der Waals surface area contributed by atoms with E-state index in [0.29, 0.717) is 61.7 Å². The first-order valence-corrected chi connectivity index (χ1v) is 15.1. The highest BCUT2D eigenvalue weighted by atomic mass is 35.5. The van der Waals surface area contributed by atoms with Gasteiger partial charge < -0.3 is 24.9 Å². The van der Waals surface area contributed by atoms with Crippen molar-refractivity contribution in [2.45, 2.75) is 76.0 Å². The maximum atomic E-state index is 14.2. The van der Waals surface area contributed by atoms with E-state index in [1.54, 1.807) is 0 Å². The molecule has 6 heterocycles. The second kappa shape index (κ2) is 10.8. The van der Waals surface area contributed by atoms with Crippen LogP contribution >= 0.6 is 11.6 Å². The summed E-state index contributed by atoms with van der Waals surface area (Å²) >= 11 is 6.30. The molecule has 1 atom stereocenters. The quantitative estimate of drug-likeness (QED) is 0.437. The van der Waals surface area contributed by atoms with Gasteiger partial charge in [0.25, 0.3) is 5.91 Å². The van der Waals surface area contributed by atoms with E-state index < -0.39 is 24.1 Å². The van der Waals surface area contributed by atoms with Crippen LogP contribution in [0.3, 0.4) is 0 Å². The normalized spacial score (nSPS) is 23.2. The summed E-state index contributed by atoms with van der Waals surface area (Å²) in [7, 11) is 0. The zero-order valence-corrected chi connectivity index (χ0v) is 24.2. The summed E-state index contributed by atoms with van der Waals surface area (Å²) in [4.78, 5) is 29.2. The molecule has 11 nitrogen and oxygen atoms in total. The molecule has 3 N–H and O–H groups in total. The van der Waals surface area contributed by atoms with Crippen molar-refractivity contribution < 1.29 is 32.5 Å². The highest BCUT2D eigenvalue weighted by Crippen LogP contribution is 2.49. The molecule has 1 unspecified atom stereocenters. The number of ether oxygens (including phenoxy) is 2. The Morgan fingerprint density at radius 2 is 1.91 bits per heavy atom. The number of hydrazine groups is 1. The van der Waals surface area contributed by atoms with Crippen molar-refractivity contribution in [1.82, 2.24) is 20.3 Å². The van der Waals surface area contributed by atoms with Crippen molar-refractivity contribution in [3.63, 3.8) is 0 Å². The number of nitrogens with one attached hydrogen (secondary N) is 2. The van der Waals surface area contributed by atoms with Crippen LogP contribution in [0.5, 0.6) is 11.8 Å². The number of benzene rings is 1. The number of aliphatic hydroxyl groups excluding tert-OH is 1. The minimum atomic E-state index is -5.03. The van der Waals surface area contributed by atoms with Gasteiger partial charge >= 0.3 is 12.4 Å². The number of rotatable bonds is 6. The molecule has 0 radical (unpaired) electrons. The number of aliphatic hydroxyl groups is 1. The summed E-state index contributed by atoms with van der Waals surface area (Å²) in [5.74, 6) is -0.840. The third-order valence-electron chi connectivity index (χ3n) is 9.28. The number of carbonyl (C=O) groups excluding carboxylic acids is 1. The number of hydrogen-bond donors (Lipinski definition) is 3. The van der Waals surface area contributed by atoms with Crippen LogP contribution in [0.25, 0.3) is 0 Å². The Hall–Kier alpha value is -3.07. The van der Waals surface area contributed by atoms with E-state index in [1.807, 2.05) is 4.90 Å². The Kier molecular flexibility index (Phi) is 7.22. The van der Waals surface area contributed by atoms with E-state index in [1.165, 1.54) is 11.0 Å². The van der Waals surface area contributed by atoms with Crippen LogP contribution in [0.4, 0.5) is 30.4 Å². The predicted molar refractivity (Wildman–Crippen MR) is 151 cm³/mol. The summed E-state index contributed by atoms with van der Waals surface area (Å²) in [5, 5.41) is 9.99. The largest absolute Gasteiger partial charge is 0.573 e. The van der Waals surface area contributed by atoms with Crippen LogP contribution in [0.1, 0.15) is 66.6 Å². The van der Waals surface area contributed by atoms with E-state index in [2.05, 4.69) is 25.5 Å². The fourth-order valence-corrected chi connectivity index (χ4v) is 7.50. The molecular weight excluding hydrogens is 591 g/mol. The Morgan fingerprint density at radius 1 is 1.12 bits per heavy atom. The lowest BCUT2D eigenvalue weighted by molar-refractivity contribution is -0.274. The summed E-state index contributed by atoms with van der Waals surface area (Å²) < 4.78 is 51.3. The highest BCUT2D eigenvalue weighted by Gasteiger charge is 2.46. The van der Waals surface area contributed by atoms with Gasteiger partial charge in [-0.3, -0.25) is 14.6 Å². The molecule has 1 aromatic carbocycles. The Labute approximate surface area is 251 Å². The molecule has 5 aliphatic rings. The summed E-state index contributed by atoms with van der Waals surface area (Å²) in [6, 6.07) is 1.47. The molecule has 2 aromatic rings. The number of amides is 1. The molecule has 1 aromatic heterocycles. The smallest absolute Gasteiger partial charge is 0.461 e. The standard InChI is InChI=1S/C28H33ClF3N7O4/c29-18-12-19-17(13-33-36-19)22(23(18)43-28(30,31)32)39-14-20-21(25(39)41)24(37-8-1-4-16(40)5-11-37)35-26(34-20)42-15-27-6-2-9-38(27)10-3-7-27/h12,16,33,36,40H,1-11,13-15H2. The summed E-state index contributed by atoms with van der Waals surface area (Å²) in [6.45, 7) is 3.53. The molecule has 3 fully saturated rings. The number of carbonyl (C=O) groups is 1. The van der Waals surface area contributed by atoms with Gasteiger partial charge in [0.05, 0.1) is 40.3 Å². The van der Waals surface area contributed by atoms with Crippen molar-refractivity contribution in [3.05, 3.63) is 27.9 Å². The fraction of sp³-hybridized carbons (Fsp3) is 0.607. The lowest BCUT2D eigenvalue weighted by atomic mass is 9.95. The molecule has 0 spiro atoms. The minimum absolute atomic E-state index is 0.0533. The second-order valence-corrected chi connectivity index (χ2v) is 12.3. The molecule has 0 bridgehead atoms. The van der Waals surface area contributed by atoms with Gasteiger partial charge in [-0.05, 0) is 64.1 Å². The third kappa shape index (κ3) is 5.21. The van der Waals surface area contributed by atoms with Crippen LogP contribution < -0.4 is 30.1 Å². The molecule has 0 saturated carbocycles. The molecule has 15 heteroatoms. The highest BCUT2D eigenvalue weighted by molar-refractivity contribution is 6.33. The van der Waals surface area contributed by atoms with E-state index in [9.17, 15) is 23.1 Å². The van der Waals surface area contributed by atoms with Crippen LogP contribution in [-0.2, 0) is 13.1 Å². The van der Waals surface area contributed by atoms with Gasteiger partial charge in [0.1, 0.15) is 18.0 Å². The van der Waals surface area contributed by atoms with Crippen molar-refractivity contribution in [2.24, 2.45) is 0 Å². The Balaban J connectivity index is 1.28. The van der Waals surface area contributed by atoms with E-state index in [4.69, 9.17) is 21.3 Å². The molecule has 5 aliphatic heterocycles. The predicted octanol–water partition coefficient (Wildman–Crippen LogP) is 3.98. The van der Waals surface area contributed by atoms with Crippen molar-refractivity contribution >= 4 is 34.7 Å². The first-order valence-electron chi connectivity index (χ1n) is 14.8. The maximum Gasteiger partial charge on any atom is 0.573 e. The summed E-state index contributed by atoms with van der Waals surface area (Å²) in [6.07, 6.45) is 0.587.